The van der Waals surface area contributed by atoms with Crippen molar-refractivity contribution >= 4 is 11.6 Å². The first-order valence-electron chi connectivity index (χ1n) is 9.22. The molecule has 0 fully saturated rings. The standard InChI is InChI=1S/C22H17F3N4O/c1-14(15-8-4-2-5-9-15)26-21(30)18-13-20-27-17(16-10-6-3-7-11-16)12-19(22(23,24)25)29(20)28-18/h2-14H,1H3,(H,26,30)/t14-/m1/s1. The lowest BCUT2D eigenvalue weighted by Crippen LogP contribution is -2.27. The van der Waals surface area contributed by atoms with E-state index in [0.717, 1.165) is 11.6 Å². The maximum atomic E-state index is 13.7. The SMILES string of the molecule is C[C@@H](NC(=O)c1cc2nc(-c3ccccc3)cc(C(F)(F)F)n2n1)c1ccccc1. The monoisotopic (exact) mass is 410 g/mol. The van der Waals surface area contributed by atoms with E-state index in [2.05, 4.69) is 15.4 Å². The van der Waals surface area contributed by atoms with Crippen LogP contribution in [0.25, 0.3) is 16.9 Å². The first-order chi connectivity index (χ1) is 14.3. The number of amides is 1. The Hall–Kier alpha value is -3.68. The van der Waals surface area contributed by atoms with Crippen LogP contribution in [-0.4, -0.2) is 20.5 Å². The van der Waals surface area contributed by atoms with E-state index in [-0.39, 0.29) is 23.1 Å². The van der Waals surface area contributed by atoms with Crippen molar-refractivity contribution in [3.63, 3.8) is 0 Å². The number of nitrogens with one attached hydrogen (secondary N) is 1. The Morgan fingerprint density at radius 2 is 1.63 bits per heavy atom. The molecule has 0 radical (unpaired) electrons. The first-order valence-corrected chi connectivity index (χ1v) is 9.22. The second-order valence-corrected chi connectivity index (χ2v) is 6.80. The molecule has 4 aromatic rings. The molecule has 0 aliphatic carbocycles. The van der Waals surface area contributed by atoms with Crippen molar-refractivity contribution in [2.75, 3.05) is 0 Å². The third-order valence-corrected chi connectivity index (χ3v) is 4.67. The van der Waals surface area contributed by atoms with Gasteiger partial charge in [0.15, 0.2) is 17.0 Å². The van der Waals surface area contributed by atoms with Crippen LogP contribution in [0.15, 0.2) is 72.8 Å². The lowest BCUT2D eigenvalue weighted by atomic mass is 10.1. The van der Waals surface area contributed by atoms with Crippen LogP contribution in [0.1, 0.15) is 34.7 Å². The van der Waals surface area contributed by atoms with E-state index in [1.54, 1.807) is 37.3 Å². The molecule has 0 aliphatic rings. The van der Waals surface area contributed by atoms with Crippen LogP contribution >= 0.6 is 0 Å². The fraction of sp³-hybridized carbons (Fsp3) is 0.136. The summed E-state index contributed by atoms with van der Waals surface area (Å²) in [7, 11) is 0. The summed E-state index contributed by atoms with van der Waals surface area (Å²) in [5, 5.41) is 6.64. The Morgan fingerprint density at radius 3 is 2.27 bits per heavy atom. The fourth-order valence-electron chi connectivity index (χ4n) is 3.14. The normalized spacial score (nSPS) is 12.7. The molecule has 1 amide bonds. The number of hydrogen-bond donors (Lipinski definition) is 1. The third kappa shape index (κ3) is 3.89. The van der Waals surface area contributed by atoms with Gasteiger partial charge in [0.1, 0.15) is 0 Å². The van der Waals surface area contributed by atoms with Gasteiger partial charge < -0.3 is 5.32 Å². The number of nitrogens with zero attached hydrogens (tertiary/aromatic N) is 3. The van der Waals surface area contributed by atoms with E-state index in [4.69, 9.17) is 0 Å². The lowest BCUT2D eigenvalue weighted by Gasteiger charge is -2.13. The highest BCUT2D eigenvalue weighted by atomic mass is 19.4. The summed E-state index contributed by atoms with van der Waals surface area (Å²) < 4.78 is 41.7. The minimum absolute atomic E-state index is 0.0545. The average molecular weight is 410 g/mol. The molecule has 1 atom stereocenters. The summed E-state index contributed by atoms with van der Waals surface area (Å²) in [5.41, 5.74) is 0.370. The van der Waals surface area contributed by atoms with Gasteiger partial charge in [-0.3, -0.25) is 4.79 Å². The van der Waals surface area contributed by atoms with Gasteiger partial charge in [-0.2, -0.15) is 18.3 Å². The van der Waals surface area contributed by atoms with Gasteiger partial charge in [-0.15, -0.1) is 0 Å². The largest absolute Gasteiger partial charge is 0.433 e. The van der Waals surface area contributed by atoms with Gasteiger partial charge in [-0.1, -0.05) is 60.7 Å². The number of fused-ring (bicyclic) bond motifs is 1. The van der Waals surface area contributed by atoms with Gasteiger partial charge in [-0.05, 0) is 18.6 Å². The van der Waals surface area contributed by atoms with Gasteiger partial charge in [0.05, 0.1) is 11.7 Å². The van der Waals surface area contributed by atoms with Gasteiger partial charge in [0, 0.05) is 11.6 Å². The van der Waals surface area contributed by atoms with Gasteiger partial charge >= 0.3 is 6.18 Å². The summed E-state index contributed by atoms with van der Waals surface area (Å²) in [6.07, 6.45) is -4.66. The second kappa shape index (κ2) is 7.62. The van der Waals surface area contributed by atoms with Crippen LogP contribution in [0.5, 0.6) is 0 Å². The van der Waals surface area contributed by atoms with Crippen LogP contribution in [0.2, 0.25) is 0 Å². The Bertz CT molecular complexity index is 1190. The van der Waals surface area contributed by atoms with E-state index in [0.29, 0.717) is 10.1 Å². The maximum Gasteiger partial charge on any atom is 0.433 e. The summed E-state index contributed by atoms with van der Waals surface area (Å²) in [4.78, 5) is 16.9. The summed E-state index contributed by atoms with van der Waals surface area (Å²) in [6, 6.07) is 19.6. The average Bonchev–Trinajstić information content (AvgIpc) is 3.18. The Balaban J connectivity index is 1.73. The first kappa shape index (κ1) is 19.6. The highest BCUT2D eigenvalue weighted by molar-refractivity contribution is 5.93. The highest BCUT2D eigenvalue weighted by Crippen LogP contribution is 2.32. The van der Waals surface area contributed by atoms with Crippen molar-refractivity contribution in [1.29, 1.82) is 0 Å². The van der Waals surface area contributed by atoms with E-state index in [1.807, 2.05) is 30.3 Å². The number of carbonyl (C=O) groups excluding carboxylic acids is 1. The zero-order chi connectivity index (χ0) is 21.3. The summed E-state index contributed by atoms with van der Waals surface area (Å²) in [6.45, 7) is 1.79. The van der Waals surface area contributed by atoms with Crippen molar-refractivity contribution in [2.45, 2.75) is 19.1 Å². The van der Waals surface area contributed by atoms with Crippen molar-refractivity contribution < 1.29 is 18.0 Å². The number of alkyl halides is 3. The molecular weight excluding hydrogens is 393 g/mol. The molecule has 152 valence electrons. The van der Waals surface area contributed by atoms with Gasteiger partial charge in [0.25, 0.3) is 5.91 Å². The van der Waals surface area contributed by atoms with Gasteiger partial charge in [0.2, 0.25) is 0 Å². The van der Waals surface area contributed by atoms with E-state index in [1.165, 1.54) is 6.07 Å². The zero-order valence-electron chi connectivity index (χ0n) is 15.9. The number of carbonyl (C=O) groups is 1. The number of rotatable bonds is 4. The molecule has 0 spiro atoms. The Labute approximate surface area is 170 Å². The van der Waals surface area contributed by atoms with Crippen LogP contribution < -0.4 is 5.32 Å². The Kier molecular flexibility index (Phi) is 4.99. The topological polar surface area (TPSA) is 59.3 Å². The zero-order valence-corrected chi connectivity index (χ0v) is 15.9. The number of benzene rings is 2. The van der Waals surface area contributed by atoms with Crippen LogP contribution in [0.3, 0.4) is 0 Å². The molecule has 2 aromatic carbocycles. The molecular formula is C22H17F3N4O. The van der Waals surface area contributed by atoms with Crippen molar-refractivity contribution in [3.05, 3.63) is 89.7 Å². The van der Waals surface area contributed by atoms with Crippen LogP contribution in [0.4, 0.5) is 13.2 Å². The number of hydrogen-bond acceptors (Lipinski definition) is 3. The molecule has 0 saturated carbocycles. The summed E-state index contributed by atoms with van der Waals surface area (Å²) >= 11 is 0. The lowest BCUT2D eigenvalue weighted by molar-refractivity contribution is -0.142. The molecule has 1 N–H and O–H groups in total. The number of aromatic nitrogens is 3. The number of halogens is 3. The van der Waals surface area contributed by atoms with E-state index in [9.17, 15) is 18.0 Å². The summed E-state index contributed by atoms with van der Waals surface area (Å²) in [5.74, 6) is -0.578. The van der Waals surface area contributed by atoms with Crippen LogP contribution in [-0.2, 0) is 6.18 Å². The highest BCUT2D eigenvalue weighted by Gasteiger charge is 2.35. The fourth-order valence-corrected chi connectivity index (χ4v) is 3.14. The maximum absolute atomic E-state index is 13.7. The molecule has 0 bridgehead atoms. The van der Waals surface area contributed by atoms with Crippen molar-refractivity contribution in [3.8, 4) is 11.3 Å². The molecule has 0 aliphatic heterocycles. The third-order valence-electron chi connectivity index (χ3n) is 4.67. The molecule has 4 rings (SSSR count). The quantitative estimate of drug-likeness (QED) is 0.520. The van der Waals surface area contributed by atoms with Gasteiger partial charge in [-0.25, -0.2) is 9.50 Å². The molecule has 2 heterocycles. The molecule has 2 aromatic heterocycles. The molecule has 5 nitrogen and oxygen atoms in total. The predicted molar refractivity (Wildman–Crippen MR) is 106 cm³/mol. The second-order valence-electron chi connectivity index (χ2n) is 6.80. The van der Waals surface area contributed by atoms with E-state index < -0.39 is 17.8 Å². The van der Waals surface area contributed by atoms with E-state index >= 15 is 0 Å². The molecule has 8 heteroatoms. The minimum atomic E-state index is -4.66. The van der Waals surface area contributed by atoms with Crippen LogP contribution in [0, 0.1) is 0 Å². The molecule has 30 heavy (non-hydrogen) atoms. The van der Waals surface area contributed by atoms with Crippen molar-refractivity contribution in [2.24, 2.45) is 0 Å². The minimum Gasteiger partial charge on any atom is -0.344 e. The molecule has 0 unspecified atom stereocenters. The van der Waals surface area contributed by atoms with Crippen molar-refractivity contribution in [1.82, 2.24) is 19.9 Å². The predicted octanol–water partition coefficient (Wildman–Crippen LogP) is 4.91. The smallest absolute Gasteiger partial charge is 0.344 e. The molecule has 0 saturated heterocycles. The Morgan fingerprint density at radius 1 is 1.00 bits per heavy atom.